The van der Waals surface area contributed by atoms with Gasteiger partial charge in [0.1, 0.15) is 0 Å². The Bertz CT molecular complexity index is 3800. The summed E-state index contributed by atoms with van der Waals surface area (Å²) in [6.07, 6.45) is 7.04. The van der Waals surface area contributed by atoms with Crippen LogP contribution in [0.3, 0.4) is 0 Å². The molecule has 2 aliphatic heterocycles. The van der Waals surface area contributed by atoms with Crippen LogP contribution in [0.2, 0.25) is 0 Å². The Hall–Kier alpha value is -5.84. The average molecular weight is 1070 g/mol. The van der Waals surface area contributed by atoms with Crippen molar-refractivity contribution >= 4 is 78.0 Å². The molecule has 0 N–H and O–H groups in total. The van der Waals surface area contributed by atoms with Crippen LogP contribution in [0, 0.1) is 0 Å². The van der Waals surface area contributed by atoms with Crippen molar-refractivity contribution in [1.82, 2.24) is 0 Å². The van der Waals surface area contributed by atoms with Gasteiger partial charge < -0.3 is 9.80 Å². The Morgan fingerprint density at radius 3 is 1.32 bits per heavy atom. The summed E-state index contributed by atoms with van der Waals surface area (Å²) in [5.41, 5.74) is 27.5. The number of anilines is 6. The first-order chi connectivity index (χ1) is 37.4. The summed E-state index contributed by atoms with van der Waals surface area (Å²) in [4.78, 5) is 5.60. The first-order valence-corrected chi connectivity index (χ1v) is 31.2. The lowest BCUT2D eigenvalue weighted by Crippen LogP contribution is -2.61. The third-order valence-corrected chi connectivity index (χ3v) is 22.1. The van der Waals surface area contributed by atoms with Crippen LogP contribution in [0.25, 0.3) is 32.3 Å². The Labute approximate surface area is 485 Å². The molecule has 0 amide bonds. The highest BCUT2D eigenvalue weighted by atomic mass is 32.1. The molecule has 0 fully saturated rings. The van der Waals surface area contributed by atoms with E-state index in [0.717, 1.165) is 12.8 Å². The Morgan fingerprint density at radius 2 is 0.825 bits per heavy atom. The van der Waals surface area contributed by atoms with Gasteiger partial charge in [0, 0.05) is 38.6 Å². The van der Waals surface area contributed by atoms with Gasteiger partial charge in [-0.3, -0.25) is 0 Å². The Kier molecular flexibility index (Phi) is 11.6. The van der Waals surface area contributed by atoms with E-state index in [-0.39, 0.29) is 50.0 Å². The van der Waals surface area contributed by atoms with Gasteiger partial charge in [-0.25, -0.2) is 0 Å². The maximum absolute atomic E-state index is 2.82. The van der Waals surface area contributed by atoms with Crippen LogP contribution < -0.4 is 26.2 Å². The second kappa shape index (κ2) is 17.4. The molecule has 410 valence electrons. The molecule has 80 heavy (non-hydrogen) atoms. The predicted octanol–water partition coefficient (Wildman–Crippen LogP) is 20.0. The lowest BCUT2D eigenvalue weighted by molar-refractivity contribution is 0.332. The normalized spacial score (nSPS) is 19.6. The number of benzene rings is 7. The molecule has 3 heterocycles. The van der Waals surface area contributed by atoms with E-state index < -0.39 is 0 Å². The van der Waals surface area contributed by atoms with E-state index in [9.17, 15) is 0 Å². The second-order valence-corrected chi connectivity index (χ2v) is 32.4. The van der Waals surface area contributed by atoms with Gasteiger partial charge in [-0.05, 0) is 214 Å². The molecule has 0 radical (unpaired) electrons. The Balaban J connectivity index is 1.24. The van der Waals surface area contributed by atoms with Gasteiger partial charge in [0.05, 0.1) is 10.7 Å². The standard InChI is InChI=1S/C76H87BN2S/c1-69(2,3)48-37-51(46-25-21-19-22-26-46)67(52(38-48)47-27-23-20-24-28-47)79-61-44-58-57(74(13,14)34-35-75(58,15)16)43-60(61)77-65-53-42-56-59(76(17,18)36-33-73(56,11)12)45-64(53)80-68(65)78(62-39-49(70(4,5)6)40-63(79)66(62)77)50-29-30-54-55(41-50)72(9,10)32-31-71(54,7)8/h19-30,37-45H,31-36H2,1-18H3. The topological polar surface area (TPSA) is 6.48 Å². The summed E-state index contributed by atoms with van der Waals surface area (Å²) in [5.74, 6) is 0. The largest absolute Gasteiger partial charge is 0.310 e. The highest BCUT2D eigenvalue weighted by molar-refractivity contribution is 7.26. The molecule has 2 nitrogen and oxygen atoms in total. The second-order valence-electron chi connectivity index (χ2n) is 31.4. The van der Waals surface area contributed by atoms with Crippen molar-refractivity contribution in [1.29, 1.82) is 0 Å². The molecule has 7 aromatic carbocycles. The lowest BCUT2D eigenvalue weighted by Gasteiger charge is -2.48. The molecule has 0 unspecified atom stereocenters. The number of rotatable bonds is 4. The van der Waals surface area contributed by atoms with Crippen molar-refractivity contribution in [2.24, 2.45) is 0 Å². The molecule has 4 heteroatoms. The fraction of sp³-hybridized carbons (Fsp3) is 0.421. The van der Waals surface area contributed by atoms with E-state index in [0.29, 0.717) is 0 Å². The van der Waals surface area contributed by atoms with Gasteiger partial charge in [0.2, 0.25) is 0 Å². The quantitative estimate of drug-likeness (QED) is 0.162. The van der Waals surface area contributed by atoms with Crippen molar-refractivity contribution in [3.05, 3.63) is 172 Å². The minimum atomic E-state index is -0.167. The molecular weight excluding hydrogens is 984 g/mol. The van der Waals surface area contributed by atoms with Crippen molar-refractivity contribution in [2.75, 3.05) is 9.80 Å². The summed E-state index contributed by atoms with van der Waals surface area (Å²) < 4.78 is 1.41. The van der Waals surface area contributed by atoms with Gasteiger partial charge in [-0.2, -0.15) is 0 Å². The van der Waals surface area contributed by atoms with Crippen molar-refractivity contribution in [3.8, 4) is 22.3 Å². The zero-order valence-electron chi connectivity index (χ0n) is 51.7. The average Bonchev–Trinajstić information content (AvgIpc) is 3.93. The van der Waals surface area contributed by atoms with Crippen LogP contribution in [0.4, 0.5) is 33.4 Å². The zero-order chi connectivity index (χ0) is 56.8. The van der Waals surface area contributed by atoms with E-state index in [1.165, 1.54) is 152 Å². The van der Waals surface area contributed by atoms with Gasteiger partial charge in [-0.1, -0.05) is 197 Å². The van der Waals surface area contributed by atoms with E-state index in [4.69, 9.17) is 0 Å². The third-order valence-electron chi connectivity index (χ3n) is 21.0. The van der Waals surface area contributed by atoms with Crippen LogP contribution in [0.15, 0.2) is 127 Å². The van der Waals surface area contributed by atoms with Gasteiger partial charge in [-0.15, -0.1) is 11.3 Å². The molecule has 3 aliphatic carbocycles. The van der Waals surface area contributed by atoms with Crippen LogP contribution in [0.5, 0.6) is 0 Å². The minimum absolute atomic E-state index is 0.00129. The van der Waals surface area contributed by atoms with Crippen LogP contribution in [-0.2, 0) is 43.3 Å². The summed E-state index contributed by atoms with van der Waals surface area (Å²) in [6.45, 7) is 44.5. The maximum Gasteiger partial charge on any atom is 0.254 e. The fourth-order valence-corrected chi connectivity index (χ4v) is 16.6. The molecule has 0 bridgehead atoms. The number of hydrogen-bond donors (Lipinski definition) is 0. The Morgan fingerprint density at radius 1 is 0.400 bits per heavy atom. The van der Waals surface area contributed by atoms with E-state index in [1.807, 2.05) is 0 Å². The summed E-state index contributed by atoms with van der Waals surface area (Å²) in [7, 11) is 0. The molecule has 0 atom stereocenters. The van der Waals surface area contributed by atoms with Gasteiger partial charge in [0.15, 0.2) is 0 Å². The lowest BCUT2D eigenvalue weighted by atomic mass is 9.33. The molecule has 0 saturated heterocycles. The molecule has 0 spiro atoms. The monoisotopic (exact) mass is 1070 g/mol. The third kappa shape index (κ3) is 8.12. The summed E-state index contributed by atoms with van der Waals surface area (Å²) in [5, 5.41) is 2.81. The van der Waals surface area contributed by atoms with Crippen LogP contribution >= 0.6 is 11.3 Å². The fourth-order valence-electron chi connectivity index (χ4n) is 15.3. The van der Waals surface area contributed by atoms with Crippen LogP contribution in [0.1, 0.15) is 208 Å². The number of fused-ring (bicyclic) bond motifs is 9. The number of hydrogen-bond acceptors (Lipinski definition) is 3. The minimum Gasteiger partial charge on any atom is -0.310 e. The van der Waals surface area contributed by atoms with E-state index in [1.54, 1.807) is 0 Å². The smallest absolute Gasteiger partial charge is 0.254 e. The van der Waals surface area contributed by atoms with E-state index in [2.05, 4.69) is 273 Å². The van der Waals surface area contributed by atoms with Crippen LogP contribution in [-0.4, -0.2) is 6.71 Å². The maximum atomic E-state index is 2.82. The highest BCUT2D eigenvalue weighted by Crippen LogP contribution is 2.58. The molecule has 8 aromatic rings. The summed E-state index contributed by atoms with van der Waals surface area (Å²) in [6, 6.07) is 51.6. The zero-order valence-corrected chi connectivity index (χ0v) is 52.6. The summed E-state index contributed by atoms with van der Waals surface area (Å²) >= 11 is 2.06. The SMILES string of the molecule is CC(C)(C)c1cc(-c2ccccc2)c(N2c3cc4c(cc3B3c5c(cc(C(C)(C)C)cc52)N(c2ccc5c(c2)C(C)(C)CCC5(C)C)c2sc5cc6c(cc5c23)C(C)(C)CCC6(C)C)C(C)(C)CCC4(C)C)c(-c2ccccc2)c1. The number of thiophene rings is 1. The van der Waals surface area contributed by atoms with Crippen molar-refractivity contribution in [3.63, 3.8) is 0 Å². The first kappa shape index (κ1) is 53.5. The molecule has 5 aliphatic rings. The van der Waals surface area contributed by atoms with Crippen molar-refractivity contribution < 1.29 is 0 Å². The van der Waals surface area contributed by atoms with Gasteiger partial charge >= 0.3 is 0 Å². The predicted molar refractivity (Wildman–Crippen MR) is 350 cm³/mol. The van der Waals surface area contributed by atoms with Gasteiger partial charge in [0.25, 0.3) is 6.71 Å². The van der Waals surface area contributed by atoms with Crippen molar-refractivity contribution in [2.45, 2.75) is 206 Å². The van der Waals surface area contributed by atoms with E-state index >= 15 is 0 Å². The molecular formula is C76H87BN2S. The highest BCUT2D eigenvalue weighted by Gasteiger charge is 2.50. The molecule has 13 rings (SSSR count). The number of nitrogens with zero attached hydrogens (tertiary/aromatic N) is 2. The molecule has 1 aromatic heterocycles. The molecule has 0 saturated carbocycles. The first-order valence-electron chi connectivity index (χ1n) is 30.4.